The van der Waals surface area contributed by atoms with Crippen LogP contribution in [0.4, 0.5) is 16.2 Å². The molecule has 2 aliphatic rings. The summed E-state index contributed by atoms with van der Waals surface area (Å²) in [6.45, 7) is 2.05. The number of hydrogen-bond acceptors (Lipinski definition) is 7. The number of ether oxygens (including phenoxy) is 2. The van der Waals surface area contributed by atoms with E-state index in [0.29, 0.717) is 36.4 Å². The number of para-hydroxylation sites is 1. The minimum Gasteiger partial charge on any atom is -0.489 e. The van der Waals surface area contributed by atoms with E-state index in [1.54, 1.807) is 24.3 Å². The van der Waals surface area contributed by atoms with Gasteiger partial charge in [-0.3, -0.25) is 4.72 Å². The standard InChI is InChI=1S/C23H29N3O6S/c1-26(2)12-6-5-11-24-18-7-3-4-8-20(18)33(29,30)25-19-10-9-16-17-13-15(17)14-31-21(16)22(19)32-23(27)28/h3-4,7-10,15,17,24-25H,5-6,11-14H2,1-2H3,(H,27,28)/t15-,17-/m1/s1. The van der Waals surface area contributed by atoms with E-state index in [-0.39, 0.29) is 16.3 Å². The number of carboxylic acid groups (broad SMARTS) is 1. The molecule has 1 aliphatic carbocycles. The van der Waals surface area contributed by atoms with E-state index < -0.39 is 16.2 Å². The van der Waals surface area contributed by atoms with E-state index in [2.05, 4.69) is 14.9 Å². The van der Waals surface area contributed by atoms with Gasteiger partial charge in [0.1, 0.15) is 4.90 Å². The summed E-state index contributed by atoms with van der Waals surface area (Å²) in [6.07, 6.45) is 1.31. The Balaban J connectivity index is 1.56. The Bertz CT molecular complexity index is 1140. The van der Waals surface area contributed by atoms with Crippen LogP contribution in [0.1, 0.15) is 30.7 Å². The average molecular weight is 476 g/mol. The van der Waals surface area contributed by atoms with Crippen LogP contribution in [-0.2, 0) is 10.0 Å². The molecule has 1 fully saturated rings. The van der Waals surface area contributed by atoms with Gasteiger partial charge in [0.05, 0.1) is 18.0 Å². The van der Waals surface area contributed by atoms with Crippen LogP contribution in [-0.4, -0.2) is 58.4 Å². The number of benzene rings is 2. The first kappa shape index (κ1) is 23.2. The van der Waals surface area contributed by atoms with Crippen LogP contribution in [0.25, 0.3) is 0 Å². The van der Waals surface area contributed by atoms with Crippen LogP contribution in [0.15, 0.2) is 41.3 Å². The molecule has 2 aromatic rings. The van der Waals surface area contributed by atoms with Gasteiger partial charge in [-0.25, -0.2) is 13.2 Å². The second kappa shape index (κ2) is 9.48. The van der Waals surface area contributed by atoms with E-state index in [4.69, 9.17) is 9.47 Å². The lowest BCUT2D eigenvalue weighted by Gasteiger charge is -2.22. The molecule has 0 saturated heterocycles. The van der Waals surface area contributed by atoms with E-state index in [9.17, 15) is 18.3 Å². The molecule has 0 aromatic heterocycles. The molecule has 1 saturated carbocycles. The maximum Gasteiger partial charge on any atom is 0.511 e. The minimum absolute atomic E-state index is 0.0241. The molecule has 0 unspecified atom stereocenters. The Hall–Kier alpha value is -2.98. The van der Waals surface area contributed by atoms with E-state index in [0.717, 1.165) is 31.4 Å². The van der Waals surface area contributed by atoms with Crippen LogP contribution >= 0.6 is 0 Å². The zero-order valence-corrected chi connectivity index (χ0v) is 19.5. The zero-order chi connectivity index (χ0) is 23.6. The van der Waals surface area contributed by atoms with Crippen molar-refractivity contribution in [1.29, 1.82) is 0 Å². The zero-order valence-electron chi connectivity index (χ0n) is 18.7. The van der Waals surface area contributed by atoms with Crippen molar-refractivity contribution >= 4 is 27.6 Å². The molecule has 0 spiro atoms. The highest BCUT2D eigenvalue weighted by Gasteiger charge is 2.45. The third-order valence-electron chi connectivity index (χ3n) is 5.86. The largest absolute Gasteiger partial charge is 0.511 e. The molecule has 2 aromatic carbocycles. The SMILES string of the molecule is CN(C)CCCCNc1ccccc1S(=O)(=O)Nc1ccc2c(c1OC(=O)O)OC[C@H]1C[C@@H]21. The molecular weight excluding hydrogens is 446 g/mol. The number of fused-ring (bicyclic) bond motifs is 3. The van der Waals surface area contributed by atoms with E-state index >= 15 is 0 Å². The fourth-order valence-corrected chi connectivity index (χ4v) is 5.36. The molecule has 9 nitrogen and oxygen atoms in total. The molecule has 0 radical (unpaired) electrons. The molecule has 4 rings (SSSR count). The second-order valence-electron chi connectivity index (χ2n) is 8.68. The lowest BCUT2D eigenvalue weighted by atomic mass is 10.0. The molecule has 3 N–H and O–H groups in total. The first-order chi connectivity index (χ1) is 15.8. The van der Waals surface area contributed by atoms with Crippen molar-refractivity contribution in [3.8, 4) is 11.5 Å². The highest BCUT2D eigenvalue weighted by atomic mass is 32.2. The monoisotopic (exact) mass is 475 g/mol. The van der Waals surface area contributed by atoms with Crippen molar-refractivity contribution in [2.45, 2.75) is 30.1 Å². The van der Waals surface area contributed by atoms with Crippen molar-refractivity contribution in [3.63, 3.8) is 0 Å². The van der Waals surface area contributed by atoms with Crippen molar-refractivity contribution in [2.24, 2.45) is 5.92 Å². The third-order valence-corrected chi connectivity index (χ3v) is 7.29. The van der Waals surface area contributed by atoms with Crippen LogP contribution in [0, 0.1) is 5.92 Å². The van der Waals surface area contributed by atoms with Crippen LogP contribution in [0.3, 0.4) is 0 Å². The minimum atomic E-state index is -4.04. The molecule has 178 valence electrons. The van der Waals surface area contributed by atoms with Gasteiger partial charge < -0.3 is 24.8 Å². The van der Waals surface area contributed by atoms with Gasteiger partial charge in [-0.15, -0.1) is 0 Å². The maximum absolute atomic E-state index is 13.3. The number of rotatable bonds is 10. The van der Waals surface area contributed by atoms with Gasteiger partial charge in [-0.05, 0) is 64.0 Å². The first-order valence-electron chi connectivity index (χ1n) is 11.0. The highest BCUT2D eigenvalue weighted by Crippen LogP contribution is 2.57. The van der Waals surface area contributed by atoms with Crippen molar-refractivity contribution in [3.05, 3.63) is 42.0 Å². The Morgan fingerprint density at radius 2 is 1.97 bits per heavy atom. The number of hydrogen-bond donors (Lipinski definition) is 3. The van der Waals surface area contributed by atoms with Crippen molar-refractivity contribution in [2.75, 3.05) is 43.8 Å². The fraction of sp³-hybridized carbons (Fsp3) is 0.435. The number of sulfonamides is 1. The van der Waals surface area contributed by atoms with Gasteiger partial charge in [-0.1, -0.05) is 18.2 Å². The van der Waals surface area contributed by atoms with Crippen molar-refractivity contribution < 1.29 is 27.8 Å². The summed E-state index contributed by atoms with van der Waals surface area (Å²) in [5.74, 6) is 0.896. The topological polar surface area (TPSA) is 117 Å². The number of nitrogens with zero attached hydrogens (tertiary/aromatic N) is 1. The maximum atomic E-state index is 13.3. The predicted molar refractivity (Wildman–Crippen MR) is 125 cm³/mol. The van der Waals surface area contributed by atoms with Crippen molar-refractivity contribution in [1.82, 2.24) is 4.90 Å². The molecule has 1 heterocycles. The normalized spacial score (nSPS) is 18.6. The molecule has 2 atom stereocenters. The second-order valence-corrected chi connectivity index (χ2v) is 10.3. The van der Waals surface area contributed by atoms with Gasteiger partial charge >= 0.3 is 6.16 Å². The lowest BCUT2D eigenvalue weighted by Crippen LogP contribution is -2.19. The Morgan fingerprint density at radius 1 is 1.18 bits per heavy atom. The summed E-state index contributed by atoms with van der Waals surface area (Å²) in [7, 11) is -0.0134. The van der Waals surface area contributed by atoms with E-state index in [1.165, 1.54) is 12.1 Å². The molecule has 1 aliphatic heterocycles. The van der Waals surface area contributed by atoms with Gasteiger partial charge in [0, 0.05) is 18.0 Å². The summed E-state index contributed by atoms with van der Waals surface area (Å²) in [6, 6.07) is 9.93. The fourth-order valence-electron chi connectivity index (χ4n) is 4.11. The highest BCUT2D eigenvalue weighted by molar-refractivity contribution is 7.92. The Kier molecular flexibility index (Phi) is 6.66. The quantitative estimate of drug-likeness (QED) is 0.270. The molecular formula is C23H29N3O6S. The molecule has 0 amide bonds. The summed E-state index contributed by atoms with van der Waals surface area (Å²) < 4.78 is 39.8. The summed E-state index contributed by atoms with van der Waals surface area (Å²) in [5, 5.41) is 12.4. The number of nitrogens with one attached hydrogen (secondary N) is 2. The summed E-state index contributed by atoms with van der Waals surface area (Å²) in [5.41, 5.74) is 1.35. The first-order valence-corrected chi connectivity index (χ1v) is 12.5. The van der Waals surface area contributed by atoms with Crippen LogP contribution in [0.5, 0.6) is 11.5 Å². The van der Waals surface area contributed by atoms with E-state index in [1.807, 2.05) is 14.1 Å². The average Bonchev–Trinajstić information content (AvgIpc) is 3.55. The summed E-state index contributed by atoms with van der Waals surface area (Å²) >= 11 is 0. The van der Waals surface area contributed by atoms with Crippen LogP contribution in [0.2, 0.25) is 0 Å². The predicted octanol–water partition coefficient (Wildman–Crippen LogP) is 3.79. The third kappa shape index (κ3) is 5.33. The van der Waals surface area contributed by atoms with Gasteiger partial charge in [0.2, 0.25) is 5.75 Å². The van der Waals surface area contributed by atoms with Gasteiger partial charge in [0.25, 0.3) is 10.0 Å². The Morgan fingerprint density at radius 3 is 2.73 bits per heavy atom. The van der Waals surface area contributed by atoms with Gasteiger partial charge in [0.15, 0.2) is 5.75 Å². The van der Waals surface area contributed by atoms with Gasteiger partial charge in [-0.2, -0.15) is 0 Å². The van der Waals surface area contributed by atoms with Crippen LogP contribution < -0.4 is 19.5 Å². The molecule has 10 heteroatoms. The lowest BCUT2D eigenvalue weighted by molar-refractivity contribution is 0.141. The number of unbranched alkanes of at least 4 members (excludes halogenated alkanes) is 1. The molecule has 33 heavy (non-hydrogen) atoms. The number of carbonyl (C=O) groups is 1. The smallest absolute Gasteiger partial charge is 0.489 e. The Labute approximate surface area is 193 Å². The molecule has 0 bridgehead atoms. The number of anilines is 2. The summed E-state index contributed by atoms with van der Waals surface area (Å²) in [4.78, 5) is 13.5.